The third kappa shape index (κ3) is 4.61. The van der Waals surface area contributed by atoms with Crippen molar-refractivity contribution in [2.75, 3.05) is 18.2 Å². The molecule has 1 unspecified atom stereocenters. The zero-order valence-electron chi connectivity index (χ0n) is 15.5. The number of nitrogens with one attached hydrogen (secondary N) is 1. The van der Waals surface area contributed by atoms with Gasteiger partial charge in [-0.3, -0.25) is 0 Å². The fraction of sp³-hybridized carbons (Fsp3) is 0.217. The first kappa shape index (κ1) is 18.4. The number of hydrogen-bond donors (Lipinski definition) is 1. The molecule has 2 nitrogen and oxygen atoms in total. The van der Waals surface area contributed by atoms with Gasteiger partial charge in [0.1, 0.15) is 5.75 Å². The highest BCUT2D eigenvalue weighted by Crippen LogP contribution is 2.32. The first-order valence-electron chi connectivity index (χ1n) is 8.82. The molecule has 0 aliphatic rings. The number of methoxy groups -OCH3 is 1. The van der Waals surface area contributed by atoms with Crippen LogP contribution in [-0.2, 0) is 0 Å². The van der Waals surface area contributed by atoms with Gasteiger partial charge in [-0.15, -0.1) is 11.8 Å². The van der Waals surface area contributed by atoms with Gasteiger partial charge in [-0.1, -0.05) is 48.5 Å². The lowest BCUT2D eigenvalue weighted by atomic mass is 10.1. The van der Waals surface area contributed by atoms with E-state index < -0.39 is 0 Å². The quantitative estimate of drug-likeness (QED) is 0.501. The van der Waals surface area contributed by atoms with Crippen LogP contribution in [0.2, 0.25) is 0 Å². The van der Waals surface area contributed by atoms with E-state index in [2.05, 4.69) is 79.8 Å². The standard InChI is InChI=1S/C23H25NOS/c1-17-8-7-9-18(2)23(17)26-16-22(19-10-5-4-6-11-19)24-20-12-14-21(25-3)15-13-20/h4-15,22,24H,16H2,1-3H3. The number of anilines is 1. The molecule has 26 heavy (non-hydrogen) atoms. The van der Waals surface area contributed by atoms with E-state index in [4.69, 9.17) is 4.74 Å². The minimum Gasteiger partial charge on any atom is -0.497 e. The van der Waals surface area contributed by atoms with Gasteiger partial charge in [0.15, 0.2) is 0 Å². The van der Waals surface area contributed by atoms with Crippen molar-refractivity contribution < 1.29 is 4.74 Å². The Bertz CT molecular complexity index is 810. The Kier molecular flexibility index (Phi) is 6.24. The van der Waals surface area contributed by atoms with Gasteiger partial charge in [-0.05, 0) is 54.8 Å². The minimum absolute atomic E-state index is 0.230. The monoisotopic (exact) mass is 363 g/mol. The summed E-state index contributed by atoms with van der Waals surface area (Å²) in [4.78, 5) is 1.38. The van der Waals surface area contributed by atoms with E-state index in [1.807, 2.05) is 23.9 Å². The van der Waals surface area contributed by atoms with Crippen LogP contribution in [0.25, 0.3) is 0 Å². The van der Waals surface area contributed by atoms with Crippen LogP contribution in [0.4, 0.5) is 5.69 Å². The minimum atomic E-state index is 0.230. The van der Waals surface area contributed by atoms with Crippen LogP contribution < -0.4 is 10.1 Å². The Morgan fingerprint density at radius 3 is 2.12 bits per heavy atom. The molecule has 0 aromatic heterocycles. The number of hydrogen-bond acceptors (Lipinski definition) is 3. The maximum Gasteiger partial charge on any atom is 0.119 e. The van der Waals surface area contributed by atoms with E-state index in [-0.39, 0.29) is 6.04 Å². The second-order valence-corrected chi connectivity index (χ2v) is 7.40. The SMILES string of the molecule is COc1ccc(NC(CSc2c(C)cccc2C)c2ccccc2)cc1. The molecule has 0 aliphatic heterocycles. The van der Waals surface area contributed by atoms with Crippen LogP contribution in [0.3, 0.4) is 0 Å². The molecule has 134 valence electrons. The largest absolute Gasteiger partial charge is 0.497 e. The fourth-order valence-corrected chi connectivity index (χ4v) is 4.19. The predicted octanol–water partition coefficient (Wildman–Crippen LogP) is 6.26. The highest BCUT2D eigenvalue weighted by molar-refractivity contribution is 7.99. The van der Waals surface area contributed by atoms with Gasteiger partial charge in [0.05, 0.1) is 13.2 Å². The first-order valence-corrected chi connectivity index (χ1v) is 9.80. The molecule has 3 rings (SSSR count). The summed E-state index contributed by atoms with van der Waals surface area (Å²) in [7, 11) is 1.69. The van der Waals surface area contributed by atoms with Crippen LogP contribution >= 0.6 is 11.8 Å². The Balaban J connectivity index is 1.79. The topological polar surface area (TPSA) is 21.3 Å². The van der Waals surface area contributed by atoms with Crippen LogP contribution in [0.15, 0.2) is 77.7 Å². The normalized spacial score (nSPS) is 11.8. The van der Waals surface area contributed by atoms with Crippen molar-refractivity contribution in [2.45, 2.75) is 24.8 Å². The molecular formula is C23H25NOS. The third-order valence-corrected chi connectivity index (χ3v) is 5.87. The molecule has 3 aromatic rings. The predicted molar refractivity (Wildman–Crippen MR) is 112 cm³/mol. The lowest BCUT2D eigenvalue weighted by Crippen LogP contribution is -2.13. The van der Waals surface area contributed by atoms with Crippen molar-refractivity contribution in [1.29, 1.82) is 0 Å². The summed E-state index contributed by atoms with van der Waals surface area (Å²) < 4.78 is 5.26. The molecule has 0 fully saturated rings. The van der Waals surface area contributed by atoms with Crippen molar-refractivity contribution in [2.24, 2.45) is 0 Å². The summed E-state index contributed by atoms with van der Waals surface area (Å²) in [6, 6.07) is 25.5. The molecular weight excluding hydrogens is 338 g/mol. The summed E-state index contributed by atoms with van der Waals surface area (Å²) >= 11 is 1.92. The smallest absolute Gasteiger partial charge is 0.119 e. The molecule has 1 atom stereocenters. The van der Waals surface area contributed by atoms with E-state index in [1.54, 1.807) is 7.11 Å². The van der Waals surface area contributed by atoms with Crippen LogP contribution in [0.5, 0.6) is 5.75 Å². The molecule has 3 heteroatoms. The average molecular weight is 364 g/mol. The molecule has 0 saturated carbocycles. The van der Waals surface area contributed by atoms with Crippen molar-refractivity contribution in [1.82, 2.24) is 0 Å². The molecule has 0 radical (unpaired) electrons. The highest BCUT2D eigenvalue weighted by atomic mass is 32.2. The van der Waals surface area contributed by atoms with Gasteiger partial charge >= 0.3 is 0 Å². The first-order chi connectivity index (χ1) is 12.7. The second-order valence-electron chi connectivity index (χ2n) is 6.37. The molecule has 0 heterocycles. The Morgan fingerprint density at radius 2 is 1.50 bits per heavy atom. The average Bonchev–Trinajstić information content (AvgIpc) is 2.68. The van der Waals surface area contributed by atoms with Crippen molar-refractivity contribution >= 4 is 17.4 Å². The van der Waals surface area contributed by atoms with Gasteiger partial charge in [-0.25, -0.2) is 0 Å². The fourth-order valence-electron chi connectivity index (χ4n) is 2.99. The molecule has 0 spiro atoms. The lowest BCUT2D eigenvalue weighted by molar-refractivity contribution is 0.415. The van der Waals surface area contributed by atoms with Crippen molar-refractivity contribution in [3.8, 4) is 5.75 Å². The highest BCUT2D eigenvalue weighted by Gasteiger charge is 2.13. The molecule has 1 N–H and O–H groups in total. The summed E-state index contributed by atoms with van der Waals surface area (Å²) in [6.45, 7) is 4.37. The van der Waals surface area contributed by atoms with Crippen LogP contribution in [-0.4, -0.2) is 12.9 Å². The van der Waals surface area contributed by atoms with Gasteiger partial charge < -0.3 is 10.1 Å². The number of aryl methyl sites for hydroxylation is 2. The van der Waals surface area contributed by atoms with Crippen molar-refractivity contribution in [3.63, 3.8) is 0 Å². The zero-order chi connectivity index (χ0) is 18.4. The molecule has 0 aliphatic carbocycles. The molecule has 3 aromatic carbocycles. The number of thioether (sulfide) groups is 1. The van der Waals surface area contributed by atoms with E-state index in [0.717, 1.165) is 17.2 Å². The lowest BCUT2D eigenvalue weighted by Gasteiger charge is -2.21. The van der Waals surface area contributed by atoms with Gasteiger partial charge in [0.2, 0.25) is 0 Å². The van der Waals surface area contributed by atoms with Crippen LogP contribution in [0.1, 0.15) is 22.7 Å². The number of rotatable bonds is 7. The number of ether oxygens (including phenoxy) is 1. The van der Waals surface area contributed by atoms with Gasteiger partial charge in [0.25, 0.3) is 0 Å². The van der Waals surface area contributed by atoms with Crippen LogP contribution in [0, 0.1) is 13.8 Å². The summed E-state index contributed by atoms with van der Waals surface area (Å²) in [6.07, 6.45) is 0. The summed E-state index contributed by atoms with van der Waals surface area (Å²) in [5.74, 6) is 1.83. The maximum atomic E-state index is 5.26. The second kappa shape index (κ2) is 8.81. The van der Waals surface area contributed by atoms with E-state index in [1.165, 1.54) is 21.6 Å². The molecule has 0 amide bonds. The molecule has 0 bridgehead atoms. The van der Waals surface area contributed by atoms with Crippen molar-refractivity contribution in [3.05, 3.63) is 89.5 Å². The van der Waals surface area contributed by atoms with Gasteiger partial charge in [-0.2, -0.15) is 0 Å². The Labute approximate surface area is 160 Å². The Hall–Kier alpha value is -2.39. The molecule has 0 saturated heterocycles. The summed E-state index contributed by atoms with van der Waals surface area (Å²) in [5, 5.41) is 3.68. The van der Waals surface area contributed by atoms with E-state index in [0.29, 0.717) is 0 Å². The maximum absolute atomic E-state index is 5.26. The van der Waals surface area contributed by atoms with Gasteiger partial charge in [0, 0.05) is 16.3 Å². The third-order valence-electron chi connectivity index (χ3n) is 4.44. The summed E-state index contributed by atoms with van der Waals surface area (Å²) in [5.41, 5.74) is 5.07. The number of benzene rings is 3. The van der Waals surface area contributed by atoms with E-state index in [9.17, 15) is 0 Å². The Morgan fingerprint density at radius 1 is 0.846 bits per heavy atom. The zero-order valence-corrected chi connectivity index (χ0v) is 16.3. The van der Waals surface area contributed by atoms with E-state index >= 15 is 0 Å².